The Morgan fingerprint density at radius 2 is 1.59 bits per heavy atom. The molecule has 0 aliphatic carbocycles. The van der Waals surface area contributed by atoms with E-state index in [9.17, 15) is 9.59 Å². The summed E-state index contributed by atoms with van der Waals surface area (Å²) in [5.74, 6) is 1.02. The first-order valence-electron chi connectivity index (χ1n) is 10.5. The third-order valence-electron chi connectivity index (χ3n) is 5.33. The summed E-state index contributed by atoms with van der Waals surface area (Å²) >= 11 is 0. The summed E-state index contributed by atoms with van der Waals surface area (Å²) in [5, 5.41) is 8.81. The highest BCUT2D eigenvalue weighted by Crippen LogP contribution is 2.26. The first-order chi connectivity index (χ1) is 15.5. The van der Waals surface area contributed by atoms with E-state index in [1.165, 1.54) is 0 Å². The number of hydrogen-bond acceptors (Lipinski definition) is 6. The van der Waals surface area contributed by atoms with Gasteiger partial charge in [-0.05, 0) is 49.2 Å². The van der Waals surface area contributed by atoms with Crippen molar-refractivity contribution in [2.24, 2.45) is 0 Å². The van der Waals surface area contributed by atoms with Crippen molar-refractivity contribution in [3.05, 3.63) is 53.6 Å². The van der Waals surface area contributed by atoms with Gasteiger partial charge in [0, 0.05) is 37.8 Å². The minimum absolute atomic E-state index is 0.310. The zero-order valence-corrected chi connectivity index (χ0v) is 18.4. The predicted octanol–water partition coefficient (Wildman–Crippen LogP) is 2.61. The van der Waals surface area contributed by atoms with Crippen LogP contribution in [0.5, 0.6) is 17.2 Å². The van der Waals surface area contributed by atoms with Gasteiger partial charge < -0.3 is 24.0 Å². The molecule has 8 nitrogen and oxygen atoms in total. The van der Waals surface area contributed by atoms with Gasteiger partial charge in [-0.25, -0.2) is 0 Å². The lowest BCUT2D eigenvalue weighted by molar-refractivity contribution is -0.156. The van der Waals surface area contributed by atoms with E-state index in [-0.39, 0.29) is 0 Å². The van der Waals surface area contributed by atoms with Gasteiger partial charge in [0.05, 0.1) is 32.5 Å². The van der Waals surface area contributed by atoms with E-state index in [4.69, 9.17) is 19.5 Å². The third-order valence-corrected chi connectivity index (χ3v) is 5.33. The second kappa shape index (κ2) is 11.0. The molecule has 0 N–H and O–H groups in total. The molecule has 2 aromatic carbocycles. The summed E-state index contributed by atoms with van der Waals surface area (Å²) in [4.78, 5) is 28.3. The van der Waals surface area contributed by atoms with Crippen LogP contribution in [0.2, 0.25) is 0 Å². The van der Waals surface area contributed by atoms with E-state index >= 15 is 0 Å². The lowest BCUT2D eigenvalue weighted by Crippen LogP contribution is -2.54. The van der Waals surface area contributed by atoms with Crippen molar-refractivity contribution < 1.29 is 23.8 Å². The predicted molar refractivity (Wildman–Crippen MR) is 117 cm³/mol. The topological polar surface area (TPSA) is 92.1 Å². The SMILES string of the molecule is COc1ccc(CN2CCN(CCCCOc3ccc(C#N)cc3)C(=O)C2=O)c(OC)c1. The smallest absolute Gasteiger partial charge is 0.312 e. The van der Waals surface area contributed by atoms with Gasteiger partial charge in [0.2, 0.25) is 0 Å². The van der Waals surface area contributed by atoms with Crippen molar-refractivity contribution in [3.63, 3.8) is 0 Å². The van der Waals surface area contributed by atoms with Crippen LogP contribution in [-0.2, 0) is 16.1 Å². The van der Waals surface area contributed by atoms with E-state index in [2.05, 4.69) is 6.07 Å². The lowest BCUT2D eigenvalue weighted by atomic mass is 10.1. The molecule has 0 aromatic heterocycles. The summed E-state index contributed by atoms with van der Waals surface area (Å²) in [6.45, 7) is 2.30. The molecule has 0 spiro atoms. The van der Waals surface area contributed by atoms with E-state index in [0.29, 0.717) is 55.6 Å². The number of nitriles is 1. The molecule has 32 heavy (non-hydrogen) atoms. The highest BCUT2D eigenvalue weighted by atomic mass is 16.5. The average Bonchev–Trinajstić information content (AvgIpc) is 2.83. The highest BCUT2D eigenvalue weighted by molar-refractivity contribution is 6.35. The van der Waals surface area contributed by atoms with E-state index < -0.39 is 11.8 Å². The Hall–Kier alpha value is -3.73. The van der Waals surface area contributed by atoms with Crippen molar-refractivity contribution in [3.8, 4) is 23.3 Å². The van der Waals surface area contributed by atoms with Crippen molar-refractivity contribution in [2.75, 3.05) is 40.5 Å². The molecule has 3 rings (SSSR count). The van der Waals surface area contributed by atoms with Crippen LogP contribution in [-0.4, -0.2) is 62.1 Å². The summed E-state index contributed by atoms with van der Waals surface area (Å²) in [5.41, 5.74) is 1.41. The molecule has 0 radical (unpaired) electrons. The number of piperazine rings is 1. The van der Waals surface area contributed by atoms with Gasteiger partial charge in [-0.1, -0.05) is 0 Å². The number of unbranched alkanes of at least 4 members (excludes halogenated alkanes) is 1. The fourth-order valence-electron chi connectivity index (χ4n) is 3.49. The van der Waals surface area contributed by atoms with Gasteiger partial charge in [0.25, 0.3) is 0 Å². The van der Waals surface area contributed by atoms with Crippen molar-refractivity contribution >= 4 is 11.8 Å². The molecule has 1 aliphatic rings. The monoisotopic (exact) mass is 437 g/mol. The lowest BCUT2D eigenvalue weighted by Gasteiger charge is -2.34. The molecule has 2 amide bonds. The fraction of sp³-hybridized carbons (Fsp3) is 0.375. The molecular weight excluding hydrogens is 410 g/mol. The third kappa shape index (κ3) is 5.70. The Morgan fingerprint density at radius 3 is 2.28 bits per heavy atom. The highest BCUT2D eigenvalue weighted by Gasteiger charge is 2.32. The Kier molecular flexibility index (Phi) is 7.92. The minimum atomic E-state index is -0.497. The van der Waals surface area contributed by atoms with Crippen LogP contribution in [0.15, 0.2) is 42.5 Å². The molecule has 1 aliphatic heterocycles. The van der Waals surface area contributed by atoms with Gasteiger partial charge >= 0.3 is 11.8 Å². The molecule has 0 saturated carbocycles. The standard InChI is InChI=1S/C24H27N3O5/c1-30-21-10-7-19(22(15-21)31-2)17-27-13-12-26(23(28)24(27)29)11-3-4-14-32-20-8-5-18(16-25)6-9-20/h5-10,15H,3-4,11-14,17H2,1-2H3. The Bertz CT molecular complexity index is 984. The van der Waals surface area contributed by atoms with Gasteiger partial charge in [0.15, 0.2) is 0 Å². The van der Waals surface area contributed by atoms with E-state index in [0.717, 1.165) is 18.4 Å². The van der Waals surface area contributed by atoms with Gasteiger partial charge in [-0.15, -0.1) is 0 Å². The summed E-state index contributed by atoms with van der Waals surface area (Å²) in [6.07, 6.45) is 1.49. The van der Waals surface area contributed by atoms with Crippen molar-refractivity contribution in [1.82, 2.24) is 9.80 Å². The molecule has 168 valence electrons. The molecule has 0 unspecified atom stereocenters. The van der Waals surface area contributed by atoms with E-state index in [1.807, 2.05) is 6.07 Å². The molecule has 2 aromatic rings. The summed E-state index contributed by atoms with van der Waals surface area (Å²) in [7, 11) is 3.14. The molecule has 1 saturated heterocycles. The Balaban J connectivity index is 1.44. The maximum atomic E-state index is 12.6. The first kappa shape index (κ1) is 22.9. The van der Waals surface area contributed by atoms with Gasteiger partial charge in [-0.3, -0.25) is 9.59 Å². The second-order valence-electron chi connectivity index (χ2n) is 7.39. The summed E-state index contributed by atoms with van der Waals surface area (Å²) in [6, 6.07) is 14.4. The average molecular weight is 437 g/mol. The van der Waals surface area contributed by atoms with Crippen LogP contribution in [0.3, 0.4) is 0 Å². The number of rotatable bonds is 10. The van der Waals surface area contributed by atoms with E-state index in [1.54, 1.807) is 60.4 Å². The quantitative estimate of drug-likeness (QED) is 0.419. The number of carbonyl (C=O) groups excluding carboxylic acids is 2. The van der Waals surface area contributed by atoms with Crippen LogP contribution in [0.4, 0.5) is 0 Å². The van der Waals surface area contributed by atoms with Crippen LogP contribution >= 0.6 is 0 Å². The zero-order valence-electron chi connectivity index (χ0n) is 18.4. The molecule has 8 heteroatoms. The van der Waals surface area contributed by atoms with Crippen LogP contribution in [0.1, 0.15) is 24.0 Å². The van der Waals surface area contributed by atoms with Crippen molar-refractivity contribution in [2.45, 2.75) is 19.4 Å². The van der Waals surface area contributed by atoms with Crippen LogP contribution in [0.25, 0.3) is 0 Å². The molecule has 1 heterocycles. The molecule has 1 fully saturated rings. The summed E-state index contributed by atoms with van der Waals surface area (Å²) < 4.78 is 16.2. The number of ether oxygens (including phenoxy) is 3. The maximum Gasteiger partial charge on any atom is 0.312 e. The van der Waals surface area contributed by atoms with Crippen LogP contribution in [0, 0.1) is 11.3 Å². The molecule has 0 bridgehead atoms. The number of methoxy groups -OCH3 is 2. The number of carbonyl (C=O) groups is 2. The Labute approximate surface area is 187 Å². The van der Waals surface area contributed by atoms with Crippen molar-refractivity contribution in [1.29, 1.82) is 5.26 Å². The van der Waals surface area contributed by atoms with Gasteiger partial charge in [0.1, 0.15) is 17.2 Å². The number of amides is 2. The van der Waals surface area contributed by atoms with Gasteiger partial charge in [-0.2, -0.15) is 5.26 Å². The zero-order chi connectivity index (χ0) is 22.9. The molecular formula is C24H27N3O5. The minimum Gasteiger partial charge on any atom is -0.497 e. The Morgan fingerprint density at radius 1 is 0.906 bits per heavy atom. The fourth-order valence-corrected chi connectivity index (χ4v) is 3.49. The maximum absolute atomic E-state index is 12.6. The number of nitrogens with zero attached hydrogens (tertiary/aromatic N) is 3. The number of hydrogen-bond donors (Lipinski definition) is 0. The first-order valence-corrected chi connectivity index (χ1v) is 10.5. The largest absolute Gasteiger partial charge is 0.497 e. The van der Waals surface area contributed by atoms with Crippen LogP contribution < -0.4 is 14.2 Å². The second-order valence-corrected chi connectivity index (χ2v) is 7.39. The molecule has 0 atom stereocenters. The number of benzene rings is 2. The normalized spacial score (nSPS) is 13.7.